The van der Waals surface area contributed by atoms with Crippen molar-refractivity contribution in [2.45, 2.75) is 45.1 Å². The minimum atomic E-state index is -0.481. The third-order valence-corrected chi connectivity index (χ3v) is 9.04. The first-order valence-electron chi connectivity index (χ1n) is 22.6. The van der Waals surface area contributed by atoms with E-state index in [1.165, 1.54) is 22.3 Å². The summed E-state index contributed by atoms with van der Waals surface area (Å²) in [5.74, 6) is -0.225. The standard InChI is InChI=1S/C47H75NO16/c1-47(2,3)64-45(49)13-16-52-18-20-54-22-24-56-26-28-58-30-32-60-34-36-62-38-37-61-35-33-59-31-29-57-27-25-55-23-21-53-19-17-51-15-8-14-48-46(50)63-39-44-42-11-6-4-9-40(42)41-10-5-7-12-43(41)44/h4-7,9-12,44H,8,13-39H2,1-3H3,(H,48,50). The molecule has 0 saturated heterocycles. The maximum atomic E-state index is 12.3. The summed E-state index contributed by atoms with van der Waals surface area (Å²) in [5.41, 5.74) is 4.31. The van der Waals surface area contributed by atoms with Gasteiger partial charge in [-0.3, -0.25) is 4.79 Å². The first kappa shape index (κ1) is 55.0. The van der Waals surface area contributed by atoms with Gasteiger partial charge in [-0.2, -0.15) is 0 Å². The minimum Gasteiger partial charge on any atom is -0.460 e. The van der Waals surface area contributed by atoms with E-state index in [9.17, 15) is 9.59 Å². The zero-order valence-corrected chi connectivity index (χ0v) is 38.5. The van der Waals surface area contributed by atoms with Gasteiger partial charge < -0.3 is 71.6 Å². The zero-order chi connectivity index (χ0) is 45.6. The van der Waals surface area contributed by atoms with Crippen LogP contribution in [0.25, 0.3) is 11.1 Å². The molecule has 0 atom stereocenters. The second-order valence-corrected chi connectivity index (χ2v) is 15.3. The molecular weight excluding hydrogens is 835 g/mol. The summed E-state index contributed by atoms with van der Waals surface area (Å²) in [5, 5.41) is 2.81. The molecule has 0 unspecified atom stereocenters. The molecule has 64 heavy (non-hydrogen) atoms. The van der Waals surface area contributed by atoms with Crippen molar-refractivity contribution < 1.29 is 75.9 Å². The summed E-state index contributed by atoms with van der Waals surface area (Å²) >= 11 is 0. The second kappa shape index (κ2) is 36.9. The third-order valence-electron chi connectivity index (χ3n) is 9.04. The van der Waals surface area contributed by atoms with Crippen LogP contribution in [0.1, 0.15) is 50.7 Å². The van der Waals surface area contributed by atoms with Crippen LogP contribution in [-0.4, -0.2) is 189 Å². The van der Waals surface area contributed by atoms with Gasteiger partial charge in [-0.15, -0.1) is 0 Å². The first-order valence-corrected chi connectivity index (χ1v) is 22.6. The van der Waals surface area contributed by atoms with E-state index in [1.807, 2.05) is 45.0 Å². The van der Waals surface area contributed by atoms with Gasteiger partial charge in [0, 0.05) is 19.1 Å². The molecule has 0 fully saturated rings. The average molecular weight is 910 g/mol. The van der Waals surface area contributed by atoms with E-state index in [2.05, 4.69) is 29.6 Å². The quantitative estimate of drug-likeness (QED) is 0.0707. The van der Waals surface area contributed by atoms with E-state index in [4.69, 9.17) is 66.3 Å². The molecule has 17 nitrogen and oxygen atoms in total. The van der Waals surface area contributed by atoms with Crippen LogP contribution in [0.2, 0.25) is 0 Å². The van der Waals surface area contributed by atoms with Crippen LogP contribution in [0.4, 0.5) is 4.79 Å². The molecule has 1 N–H and O–H groups in total. The maximum Gasteiger partial charge on any atom is 0.407 e. The number of carbonyl (C=O) groups excluding carboxylic acids is 2. The van der Waals surface area contributed by atoms with Crippen LogP contribution in [0.15, 0.2) is 48.5 Å². The normalized spacial score (nSPS) is 12.4. The molecule has 1 aliphatic carbocycles. The molecule has 2 aromatic carbocycles. The molecule has 0 aromatic heterocycles. The van der Waals surface area contributed by atoms with E-state index in [0.717, 1.165) is 0 Å². The lowest BCUT2D eigenvalue weighted by Gasteiger charge is -2.19. The number of hydrogen-bond donors (Lipinski definition) is 1. The fraction of sp³-hybridized carbons (Fsp3) is 0.702. The van der Waals surface area contributed by atoms with Crippen LogP contribution < -0.4 is 5.32 Å². The second-order valence-electron chi connectivity index (χ2n) is 15.3. The van der Waals surface area contributed by atoms with Crippen molar-refractivity contribution in [1.82, 2.24) is 5.32 Å². The molecule has 0 spiro atoms. The number of carbonyl (C=O) groups is 2. The van der Waals surface area contributed by atoms with E-state index in [1.54, 1.807) is 0 Å². The van der Waals surface area contributed by atoms with Crippen molar-refractivity contribution in [2.75, 3.05) is 172 Å². The zero-order valence-electron chi connectivity index (χ0n) is 38.5. The Balaban J connectivity index is 0.913. The van der Waals surface area contributed by atoms with Crippen LogP contribution in [0.5, 0.6) is 0 Å². The fourth-order valence-corrected chi connectivity index (χ4v) is 6.08. The van der Waals surface area contributed by atoms with Crippen molar-refractivity contribution in [3.8, 4) is 11.1 Å². The Morgan fingerprint density at radius 2 is 0.766 bits per heavy atom. The van der Waals surface area contributed by atoms with E-state index >= 15 is 0 Å². The van der Waals surface area contributed by atoms with Gasteiger partial charge in [0.25, 0.3) is 0 Å². The third kappa shape index (κ3) is 27.9. The molecular formula is C47H75NO16. The molecule has 0 bridgehead atoms. The fourth-order valence-electron chi connectivity index (χ4n) is 6.08. The molecule has 0 heterocycles. The van der Waals surface area contributed by atoms with Crippen molar-refractivity contribution in [3.63, 3.8) is 0 Å². The molecule has 364 valence electrons. The molecule has 1 aliphatic rings. The van der Waals surface area contributed by atoms with Crippen LogP contribution in [-0.2, 0) is 71.1 Å². The molecule has 1 amide bonds. The average Bonchev–Trinajstić information content (AvgIpc) is 3.60. The molecule has 2 aromatic rings. The van der Waals surface area contributed by atoms with Crippen molar-refractivity contribution in [1.29, 1.82) is 0 Å². The summed E-state index contributed by atoms with van der Waals surface area (Å²) in [4.78, 5) is 23.9. The van der Waals surface area contributed by atoms with Crippen molar-refractivity contribution in [3.05, 3.63) is 59.7 Å². The molecule has 0 saturated carbocycles. The predicted octanol–water partition coefficient (Wildman–Crippen LogP) is 4.85. The Bertz CT molecular complexity index is 1410. The van der Waals surface area contributed by atoms with Gasteiger partial charge in [0.05, 0.1) is 158 Å². The number of benzene rings is 2. The number of esters is 1. The Kier molecular flexibility index (Phi) is 31.7. The van der Waals surface area contributed by atoms with E-state index < -0.39 is 11.7 Å². The number of hydrogen-bond acceptors (Lipinski definition) is 16. The number of fused-ring (bicyclic) bond motifs is 3. The summed E-state index contributed by atoms with van der Waals surface area (Å²) in [7, 11) is 0. The summed E-state index contributed by atoms with van der Waals surface area (Å²) in [6, 6.07) is 16.6. The Labute approximate surface area is 380 Å². The van der Waals surface area contributed by atoms with Gasteiger partial charge >= 0.3 is 12.1 Å². The molecule has 0 aliphatic heterocycles. The lowest BCUT2D eigenvalue weighted by molar-refractivity contribution is -0.156. The van der Waals surface area contributed by atoms with Crippen LogP contribution in [0.3, 0.4) is 0 Å². The monoisotopic (exact) mass is 910 g/mol. The largest absolute Gasteiger partial charge is 0.460 e. The first-order chi connectivity index (χ1) is 31.3. The lowest BCUT2D eigenvalue weighted by atomic mass is 9.98. The highest BCUT2D eigenvalue weighted by atomic mass is 16.6. The highest BCUT2D eigenvalue weighted by molar-refractivity contribution is 5.79. The highest BCUT2D eigenvalue weighted by Gasteiger charge is 2.29. The van der Waals surface area contributed by atoms with Gasteiger partial charge in [-0.25, -0.2) is 4.79 Å². The van der Waals surface area contributed by atoms with Crippen molar-refractivity contribution in [2.24, 2.45) is 0 Å². The number of alkyl carbamates (subject to hydrolysis) is 1. The summed E-state index contributed by atoms with van der Waals surface area (Å²) in [6.07, 6.45) is 0.485. The highest BCUT2D eigenvalue weighted by Crippen LogP contribution is 2.44. The molecule has 0 radical (unpaired) electrons. The van der Waals surface area contributed by atoms with E-state index in [-0.39, 0.29) is 18.3 Å². The molecule has 17 heteroatoms. The Morgan fingerprint density at radius 1 is 0.453 bits per heavy atom. The van der Waals surface area contributed by atoms with Gasteiger partial charge in [0.2, 0.25) is 0 Å². The van der Waals surface area contributed by atoms with Gasteiger partial charge in [0.15, 0.2) is 0 Å². The number of ether oxygens (including phenoxy) is 14. The predicted molar refractivity (Wildman–Crippen MR) is 238 cm³/mol. The molecule has 3 rings (SSSR count). The number of rotatable bonds is 42. The SMILES string of the molecule is CC(C)(C)OC(=O)CCOCCOCCOCCOCCOCCOCCOCCOCCOCCOCCOCCOCCCNC(=O)OCC1c2ccccc2-c2ccccc21. The van der Waals surface area contributed by atoms with Crippen LogP contribution >= 0.6 is 0 Å². The van der Waals surface area contributed by atoms with Gasteiger partial charge in [-0.1, -0.05) is 48.5 Å². The Morgan fingerprint density at radius 3 is 1.11 bits per heavy atom. The number of amides is 1. The van der Waals surface area contributed by atoms with Crippen molar-refractivity contribution >= 4 is 12.1 Å². The maximum absolute atomic E-state index is 12.3. The number of nitrogens with one attached hydrogen (secondary N) is 1. The lowest BCUT2D eigenvalue weighted by Crippen LogP contribution is -2.27. The summed E-state index contributed by atoms with van der Waals surface area (Å²) < 4.78 is 76.7. The Hall–Kier alpha value is -3.30. The van der Waals surface area contributed by atoms with Crippen LogP contribution in [0, 0.1) is 0 Å². The minimum absolute atomic E-state index is 0.0443. The smallest absolute Gasteiger partial charge is 0.407 e. The van der Waals surface area contributed by atoms with Gasteiger partial charge in [-0.05, 0) is 49.4 Å². The summed E-state index contributed by atoms with van der Waals surface area (Å²) in [6.45, 7) is 17.5. The van der Waals surface area contributed by atoms with Gasteiger partial charge in [0.1, 0.15) is 12.2 Å². The topological polar surface area (TPSA) is 175 Å². The van der Waals surface area contributed by atoms with E-state index in [0.29, 0.717) is 178 Å².